The van der Waals surface area contributed by atoms with Crippen LogP contribution >= 0.6 is 22.9 Å². The number of aromatic nitrogens is 2. The van der Waals surface area contributed by atoms with Gasteiger partial charge in [0.25, 0.3) is 0 Å². The second-order valence-corrected chi connectivity index (χ2v) is 4.36. The summed E-state index contributed by atoms with van der Waals surface area (Å²) in [4.78, 5) is 11.8. The van der Waals surface area contributed by atoms with E-state index in [1.54, 1.807) is 29.4 Å². The highest BCUT2D eigenvalue weighted by Gasteiger charge is 2.14. The topological polar surface area (TPSA) is 34.9 Å². The van der Waals surface area contributed by atoms with Crippen molar-refractivity contribution >= 4 is 28.7 Å². The van der Waals surface area contributed by atoms with Gasteiger partial charge >= 0.3 is 0 Å². The highest BCUT2D eigenvalue weighted by Crippen LogP contribution is 2.24. The van der Waals surface area contributed by atoms with E-state index in [1.807, 2.05) is 0 Å². The molecule has 0 bridgehead atoms. The second kappa shape index (κ2) is 3.55. The molecule has 0 radical (unpaired) electrons. The number of carbonyl (C=O) groups excluding carboxylic acids is 1. The Bertz CT molecular complexity index is 475. The molecule has 0 N–H and O–H groups in total. The predicted molar refractivity (Wildman–Crippen MR) is 56.0 cm³/mol. The molecule has 2 aromatic heterocycles. The van der Waals surface area contributed by atoms with Crippen LogP contribution in [0.5, 0.6) is 0 Å². The maximum atomic E-state index is 11.8. The quantitative estimate of drug-likeness (QED) is 0.737. The zero-order valence-corrected chi connectivity index (χ0v) is 8.97. The minimum atomic E-state index is -0.0793. The van der Waals surface area contributed by atoms with Gasteiger partial charge in [0, 0.05) is 13.2 Å². The van der Waals surface area contributed by atoms with Crippen molar-refractivity contribution in [3.63, 3.8) is 0 Å². The van der Waals surface area contributed by atoms with E-state index in [4.69, 9.17) is 11.6 Å². The van der Waals surface area contributed by atoms with E-state index in [2.05, 4.69) is 5.10 Å². The normalized spacial score (nSPS) is 10.4. The summed E-state index contributed by atoms with van der Waals surface area (Å²) in [5, 5.41) is 5.73. The fourth-order valence-electron chi connectivity index (χ4n) is 1.15. The number of aryl methyl sites for hydroxylation is 1. The second-order valence-electron chi connectivity index (χ2n) is 2.84. The van der Waals surface area contributed by atoms with Crippen molar-refractivity contribution in [1.29, 1.82) is 0 Å². The molecular formula is C9H7ClN2OS. The minimum absolute atomic E-state index is 0.0793. The molecule has 0 aliphatic rings. The molecule has 0 saturated heterocycles. The summed E-state index contributed by atoms with van der Waals surface area (Å²) in [6.45, 7) is 0. The summed E-state index contributed by atoms with van der Waals surface area (Å²) in [5.41, 5.74) is 1.11. The van der Waals surface area contributed by atoms with Crippen LogP contribution in [0, 0.1) is 0 Å². The zero-order chi connectivity index (χ0) is 10.1. The molecule has 5 heteroatoms. The predicted octanol–water partition coefficient (Wildman–Crippen LogP) is 2.37. The Morgan fingerprint density at radius 2 is 2.43 bits per heavy atom. The molecule has 0 fully saturated rings. The van der Waals surface area contributed by atoms with Gasteiger partial charge in [0.15, 0.2) is 5.78 Å². The van der Waals surface area contributed by atoms with Gasteiger partial charge in [-0.2, -0.15) is 5.10 Å². The van der Waals surface area contributed by atoms with Crippen LogP contribution in [0.4, 0.5) is 0 Å². The lowest BCUT2D eigenvalue weighted by molar-refractivity contribution is 0.103. The molecule has 0 spiro atoms. The van der Waals surface area contributed by atoms with Gasteiger partial charge in [-0.1, -0.05) is 11.6 Å². The Balaban J connectivity index is 2.38. The molecule has 0 saturated carbocycles. The van der Waals surface area contributed by atoms with Crippen molar-refractivity contribution in [2.75, 3.05) is 0 Å². The molecule has 2 heterocycles. The van der Waals surface area contributed by atoms with Crippen LogP contribution in [0.15, 0.2) is 23.8 Å². The lowest BCUT2D eigenvalue weighted by atomic mass is 10.1. The number of thiophene rings is 1. The molecule has 72 valence electrons. The highest BCUT2D eigenvalue weighted by atomic mass is 35.5. The largest absolute Gasteiger partial charge is 0.288 e. The number of hydrogen-bond acceptors (Lipinski definition) is 3. The number of hydrogen-bond donors (Lipinski definition) is 0. The summed E-state index contributed by atoms with van der Waals surface area (Å²) >= 11 is 7.21. The van der Waals surface area contributed by atoms with E-state index in [9.17, 15) is 4.79 Å². The van der Waals surface area contributed by atoms with E-state index < -0.39 is 0 Å². The van der Waals surface area contributed by atoms with Gasteiger partial charge < -0.3 is 0 Å². The molecule has 0 amide bonds. The minimum Gasteiger partial charge on any atom is -0.288 e. The first-order valence-electron chi connectivity index (χ1n) is 3.95. The molecule has 2 rings (SSSR count). The van der Waals surface area contributed by atoms with E-state index in [0.717, 1.165) is 0 Å². The average Bonchev–Trinajstić information content (AvgIpc) is 2.73. The van der Waals surface area contributed by atoms with Crippen molar-refractivity contribution in [2.24, 2.45) is 7.05 Å². The maximum Gasteiger partial charge on any atom is 0.198 e. The number of halogens is 1. The molecule has 0 unspecified atom stereocenters. The van der Waals surface area contributed by atoms with Gasteiger partial charge in [0.1, 0.15) is 4.34 Å². The summed E-state index contributed by atoms with van der Waals surface area (Å²) in [6, 6.07) is 1.72. The highest BCUT2D eigenvalue weighted by molar-refractivity contribution is 7.14. The van der Waals surface area contributed by atoms with Gasteiger partial charge in [0.05, 0.1) is 17.3 Å². The third-order valence-corrected chi connectivity index (χ3v) is 3.00. The molecule has 14 heavy (non-hydrogen) atoms. The molecule has 0 aromatic carbocycles. The molecule has 0 atom stereocenters. The number of ketones is 1. The summed E-state index contributed by atoms with van der Waals surface area (Å²) in [6.07, 6.45) is 3.21. The first kappa shape index (κ1) is 9.43. The standard InChI is InChI=1S/C9H7ClN2OS/c1-12-5-6(4-11-12)8(13)7-2-3-14-9(7)10/h2-5H,1H3. The lowest BCUT2D eigenvalue weighted by Crippen LogP contribution is -1.98. The summed E-state index contributed by atoms with van der Waals surface area (Å²) < 4.78 is 2.12. The monoisotopic (exact) mass is 226 g/mol. The zero-order valence-electron chi connectivity index (χ0n) is 7.40. The van der Waals surface area contributed by atoms with Gasteiger partial charge in [-0.05, 0) is 11.4 Å². The fraction of sp³-hybridized carbons (Fsp3) is 0.111. The lowest BCUT2D eigenvalue weighted by Gasteiger charge is -1.93. The third kappa shape index (κ3) is 1.58. The van der Waals surface area contributed by atoms with Crippen LogP contribution in [0.25, 0.3) is 0 Å². The Hall–Kier alpha value is -1.13. The SMILES string of the molecule is Cn1cc(C(=O)c2ccsc2Cl)cn1. The van der Waals surface area contributed by atoms with E-state index >= 15 is 0 Å². The van der Waals surface area contributed by atoms with Crippen molar-refractivity contribution in [3.8, 4) is 0 Å². The summed E-state index contributed by atoms with van der Waals surface area (Å²) in [5.74, 6) is -0.0793. The molecular weight excluding hydrogens is 220 g/mol. The fourth-order valence-corrected chi connectivity index (χ4v) is 2.06. The molecule has 0 aliphatic carbocycles. The first-order valence-corrected chi connectivity index (χ1v) is 5.20. The van der Waals surface area contributed by atoms with Crippen LogP contribution in [0.1, 0.15) is 15.9 Å². The van der Waals surface area contributed by atoms with E-state index in [0.29, 0.717) is 15.5 Å². The van der Waals surface area contributed by atoms with Crippen LogP contribution in [0.2, 0.25) is 4.34 Å². The molecule has 2 aromatic rings. The van der Waals surface area contributed by atoms with Crippen molar-refractivity contribution in [2.45, 2.75) is 0 Å². The average molecular weight is 227 g/mol. The van der Waals surface area contributed by atoms with Gasteiger partial charge in [-0.25, -0.2) is 0 Å². The van der Waals surface area contributed by atoms with Gasteiger partial charge in [-0.3, -0.25) is 9.48 Å². The van der Waals surface area contributed by atoms with E-state index in [-0.39, 0.29) is 5.78 Å². The summed E-state index contributed by atoms with van der Waals surface area (Å²) in [7, 11) is 1.77. The van der Waals surface area contributed by atoms with Crippen molar-refractivity contribution < 1.29 is 4.79 Å². The third-order valence-electron chi connectivity index (χ3n) is 1.83. The van der Waals surface area contributed by atoms with Crippen LogP contribution in [0.3, 0.4) is 0 Å². The Kier molecular flexibility index (Phi) is 2.39. The Labute approximate surface area is 89.9 Å². The first-order chi connectivity index (χ1) is 6.68. The number of rotatable bonds is 2. The van der Waals surface area contributed by atoms with Crippen molar-refractivity contribution in [1.82, 2.24) is 9.78 Å². The van der Waals surface area contributed by atoms with Gasteiger partial charge in [-0.15, -0.1) is 11.3 Å². The molecule has 3 nitrogen and oxygen atoms in total. The Morgan fingerprint density at radius 1 is 1.64 bits per heavy atom. The number of carbonyl (C=O) groups is 1. The van der Waals surface area contributed by atoms with Crippen LogP contribution in [-0.4, -0.2) is 15.6 Å². The van der Waals surface area contributed by atoms with E-state index in [1.165, 1.54) is 17.5 Å². The van der Waals surface area contributed by atoms with Crippen LogP contribution in [-0.2, 0) is 7.05 Å². The Morgan fingerprint density at radius 3 is 2.93 bits per heavy atom. The maximum absolute atomic E-state index is 11.8. The number of nitrogens with zero attached hydrogens (tertiary/aromatic N) is 2. The van der Waals surface area contributed by atoms with Crippen LogP contribution < -0.4 is 0 Å². The smallest absolute Gasteiger partial charge is 0.198 e. The van der Waals surface area contributed by atoms with Crippen molar-refractivity contribution in [3.05, 3.63) is 39.3 Å². The van der Waals surface area contributed by atoms with Gasteiger partial charge in [0.2, 0.25) is 0 Å². The molecule has 0 aliphatic heterocycles.